The predicted molar refractivity (Wildman–Crippen MR) is 143 cm³/mol. The number of hydrogen-bond acceptors (Lipinski definition) is 5. The Labute approximate surface area is 209 Å². The number of aromatic nitrogens is 2. The Morgan fingerprint density at radius 2 is 1.97 bits per heavy atom. The molecule has 3 aromatic rings. The quantitative estimate of drug-likeness (QED) is 0.311. The third-order valence-electron chi connectivity index (χ3n) is 6.23. The van der Waals surface area contributed by atoms with Crippen LogP contribution in [0.15, 0.2) is 48.7 Å². The summed E-state index contributed by atoms with van der Waals surface area (Å²) >= 11 is 1.90. The Morgan fingerprint density at radius 1 is 1.17 bits per heavy atom. The molecule has 2 aliphatic carbocycles. The molecule has 0 aliphatic heterocycles. The maximum absolute atomic E-state index is 13.4. The van der Waals surface area contributed by atoms with E-state index in [-0.39, 0.29) is 17.9 Å². The van der Waals surface area contributed by atoms with Gasteiger partial charge in [0.05, 0.1) is 16.9 Å². The number of nitrogens with zero attached hydrogens (tertiary/aromatic N) is 1. The van der Waals surface area contributed by atoms with Gasteiger partial charge >= 0.3 is 6.03 Å². The van der Waals surface area contributed by atoms with E-state index in [2.05, 4.69) is 39.8 Å². The summed E-state index contributed by atoms with van der Waals surface area (Å²) in [5.41, 5.74) is 5.10. The lowest BCUT2D eigenvalue weighted by Crippen LogP contribution is -2.30. The Bertz CT molecular complexity index is 1220. The molecule has 35 heavy (non-hydrogen) atoms. The van der Waals surface area contributed by atoms with E-state index in [9.17, 15) is 9.59 Å². The van der Waals surface area contributed by atoms with Gasteiger partial charge in [-0.2, -0.15) is 11.8 Å². The molecule has 7 nitrogen and oxygen atoms in total. The number of ketones is 1. The van der Waals surface area contributed by atoms with Crippen LogP contribution in [-0.2, 0) is 6.42 Å². The van der Waals surface area contributed by atoms with Gasteiger partial charge in [-0.15, -0.1) is 0 Å². The number of Topliss-reactive ketones (excluding diaryl/α,β-unsaturated/α-hetero) is 1. The number of hydrogen-bond donors (Lipinski definition) is 4. The number of carbonyl (C=O) groups is 2. The van der Waals surface area contributed by atoms with Crippen molar-refractivity contribution in [2.24, 2.45) is 5.92 Å². The summed E-state index contributed by atoms with van der Waals surface area (Å²) in [7, 11) is 0. The fraction of sp³-hybridized carbons (Fsp3) is 0.370. The second-order valence-electron chi connectivity index (χ2n) is 9.60. The van der Waals surface area contributed by atoms with Crippen molar-refractivity contribution in [1.82, 2.24) is 15.3 Å². The lowest BCUT2D eigenvalue weighted by molar-refractivity contribution is 0.0955. The van der Waals surface area contributed by atoms with Gasteiger partial charge in [-0.1, -0.05) is 32.0 Å². The number of rotatable bonds is 8. The van der Waals surface area contributed by atoms with Gasteiger partial charge in [0.15, 0.2) is 5.78 Å². The molecule has 5 rings (SSSR count). The third kappa shape index (κ3) is 5.70. The highest BCUT2D eigenvalue weighted by Crippen LogP contribution is 2.41. The van der Waals surface area contributed by atoms with E-state index in [0.29, 0.717) is 23.4 Å². The van der Waals surface area contributed by atoms with Crippen LogP contribution in [0.3, 0.4) is 0 Å². The predicted octanol–water partition coefficient (Wildman–Crippen LogP) is 5.99. The fourth-order valence-electron chi connectivity index (χ4n) is 4.41. The first-order valence-electron chi connectivity index (χ1n) is 12.2. The van der Waals surface area contributed by atoms with Gasteiger partial charge in [-0.25, -0.2) is 9.78 Å². The van der Waals surface area contributed by atoms with Crippen molar-refractivity contribution in [2.75, 3.05) is 16.4 Å². The summed E-state index contributed by atoms with van der Waals surface area (Å²) in [6.45, 7) is 4.38. The monoisotopic (exact) mass is 489 g/mol. The number of para-hydroxylation sites is 1. The van der Waals surface area contributed by atoms with Gasteiger partial charge in [0.1, 0.15) is 5.82 Å². The SMILES string of the molecule is CC(C)SCC1CC(=O)c2c([nH]c(-c3ccnc(NC(=O)NC4CC4)c3)c2Nc2ccccc2)C1. The summed E-state index contributed by atoms with van der Waals surface area (Å²) in [6, 6.07) is 13.6. The first-order valence-corrected chi connectivity index (χ1v) is 13.3. The normalized spacial score (nSPS) is 17.2. The molecule has 8 heteroatoms. The van der Waals surface area contributed by atoms with Crippen molar-refractivity contribution < 1.29 is 9.59 Å². The average molecular weight is 490 g/mol. The molecule has 0 saturated heterocycles. The number of urea groups is 1. The maximum Gasteiger partial charge on any atom is 0.320 e. The van der Waals surface area contributed by atoms with Crippen LogP contribution in [0.25, 0.3) is 11.3 Å². The molecule has 0 radical (unpaired) electrons. The summed E-state index contributed by atoms with van der Waals surface area (Å²) in [6.07, 6.45) is 5.11. The standard InChI is InChI=1S/C27H31N5O2S/c1-16(2)35-15-17-12-21-24(22(33)13-17)26(29-19-6-4-3-5-7-19)25(31-21)18-10-11-28-23(14-18)32-27(34)30-20-8-9-20/h3-7,10-11,14,16-17,20,29,31H,8-9,12-13,15H2,1-2H3,(H2,28,30,32,34). The van der Waals surface area contributed by atoms with Gasteiger partial charge in [-0.3, -0.25) is 10.1 Å². The second-order valence-corrected chi connectivity index (χ2v) is 11.2. The summed E-state index contributed by atoms with van der Waals surface area (Å²) in [5, 5.41) is 9.79. The molecule has 4 N–H and O–H groups in total. The minimum atomic E-state index is -0.244. The van der Waals surface area contributed by atoms with Crippen molar-refractivity contribution in [3.05, 3.63) is 59.9 Å². The third-order valence-corrected chi connectivity index (χ3v) is 7.57. The van der Waals surface area contributed by atoms with Crippen LogP contribution in [0, 0.1) is 5.92 Å². The molecule has 2 aromatic heterocycles. The summed E-state index contributed by atoms with van der Waals surface area (Å²) in [5.74, 6) is 1.92. The number of carbonyl (C=O) groups excluding carboxylic acids is 2. The Kier molecular flexibility index (Phi) is 6.81. The molecule has 2 amide bonds. The largest absolute Gasteiger partial charge is 0.356 e. The highest BCUT2D eigenvalue weighted by molar-refractivity contribution is 7.99. The number of H-pyrrole nitrogens is 1. The highest BCUT2D eigenvalue weighted by Gasteiger charge is 2.32. The molecule has 2 heterocycles. The molecule has 182 valence electrons. The van der Waals surface area contributed by atoms with Gasteiger partial charge < -0.3 is 15.6 Å². The first kappa shape index (κ1) is 23.5. The molecule has 1 unspecified atom stereocenters. The molecule has 1 fully saturated rings. The number of benzene rings is 1. The van der Waals surface area contributed by atoms with E-state index in [1.165, 1.54) is 0 Å². The zero-order chi connectivity index (χ0) is 24.4. The lowest BCUT2D eigenvalue weighted by atomic mass is 9.87. The fourth-order valence-corrected chi connectivity index (χ4v) is 5.30. The van der Waals surface area contributed by atoms with Gasteiger partial charge in [0.25, 0.3) is 0 Å². The molecule has 1 aromatic carbocycles. The van der Waals surface area contributed by atoms with Crippen LogP contribution in [0.2, 0.25) is 0 Å². The zero-order valence-corrected chi connectivity index (χ0v) is 20.9. The van der Waals surface area contributed by atoms with Gasteiger partial charge in [-0.05, 0) is 60.4 Å². The summed E-state index contributed by atoms with van der Waals surface area (Å²) in [4.78, 5) is 33.5. The van der Waals surface area contributed by atoms with Gasteiger partial charge in [0.2, 0.25) is 0 Å². The van der Waals surface area contributed by atoms with E-state index in [4.69, 9.17) is 0 Å². The molecule has 2 aliphatic rings. The Morgan fingerprint density at radius 3 is 2.71 bits per heavy atom. The number of nitrogens with one attached hydrogen (secondary N) is 4. The van der Waals surface area contributed by atoms with Crippen molar-refractivity contribution in [3.63, 3.8) is 0 Å². The second kappa shape index (κ2) is 10.2. The minimum absolute atomic E-state index is 0.165. The number of fused-ring (bicyclic) bond motifs is 1. The average Bonchev–Trinajstić information content (AvgIpc) is 3.57. The first-order chi connectivity index (χ1) is 17.0. The Hall–Kier alpha value is -3.26. The van der Waals surface area contributed by atoms with Gasteiger partial charge in [0, 0.05) is 35.6 Å². The van der Waals surface area contributed by atoms with Crippen molar-refractivity contribution >= 4 is 40.8 Å². The van der Waals surface area contributed by atoms with E-state index < -0.39 is 0 Å². The van der Waals surface area contributed by atoms with Crippen LogP contribution in [0.5, 0.6) is 0 Å². The smallest absolute Gasteiger partial charge is 0.320 e. The highest BCUT2D eigenvalue weighted by atomic mass is 32.2. The molecule has 1 saturated carbocycles. The number of aromatic amines is 1. The van der Waals surface area contributed by atoms with Crippen molar-refractivity contribution in [1.29, 1.82) is 0 Å². The van der Waals surface area contributed by atoms with E-state index in [1.807, 2.05) is 54.2 Å². The van der Waals surface area contributed by atoms with Crippen LogP contribution < -0.4 is 16.0 Å². The molecule has 0 bridgehead atoms. The Balaban J connectivity index is 1.48. The lowest BCUT2D eigenvalue weighted by Gasteiger charge is -2.22. The van der Waals surface area contributed by atoms with Crippen LogP contribution in [0.1, 0.15) is 49.2 Å². The topological polar surface area (TPSA) is 98.9 Å². The number of pyridine rings is 1. The van der Waals surface area contributed by atoms with Crippen LogP contribution in [0.4, 0.5) is 22.0 Å². The van der Waals surface area contributed by atoms with E-state index >= 15 is 0 Å². The van der Waals surface area contributed by atoms with Crippen LogP contribution >= 0.6 is 11.8 Å². The zero-order valence-electron chi connectivity index (χ0n) is 20.1. The minimum Gasteiger partial charge on any atom is -0.356 e. The molecule has 1 atom stereocenters. The molecular formula is C27H31N5O2S. The maximum atomic E-state index is 13.4. The van der Waals surface area contributed by atoms with Crippen LogP contribution in [-0.4, -0.2) is 38.8 Å². The number of amides is 2. The van der Waals surface area contributed by atoms with Crippen molar-refractivity contribution in [3.8, 4) is 11.3 Å². The summed E-state index contributed by atoms with van der Waals surface area (Å²) < 4.78 is 0. The van der Waals surface area contributed by atoms with Crippen molar-refractivity contribution in [2.45, 2.75) is 50.8 Å². The molecular weight excluding hydrogens is 458 g/mol. The molecule has 0 spiro atoms. The van der Waals surface area contributed by atoms with E-state index in [1.54, 1.807) is 6.20 Å². The number of thioether (sulfide) groups is 1. The number of anilines is 3. The van der Waals surface area contributed by atoms with E-state index in [0.717, 1.165) is 58.9 Å².